The summed E-state index contributed by atoms with van der Waals surface area (Å²) >= 11 is 0. The fraction of sp³-hybridized carbons (Fsp3) is 0.500. The van der Waals surface area contributed by atoms with Crippen LogP contribution in [0.1, 0.15) is 68.3 Å². The minimum Gasteiger partial charge on any atom is -0.507 e. The maximum absolute atomic E-state index is 13.7. The highest BCUT2D eigenvalue weighted by Gasteiger charge is 2.64. The van der Waals surface area contributed by atoms with Crippen LogP contribution in [0.15, 0.2) is 17.7 Å². The van der Waals surface area contributed by atoms with E-state index in [1.54, 1.807) is 13.0 Å². The lowest BCUT2D eigenvalue weighted by Crippen LogP contribution is -2.56. The Hall–Kier alpha value is -2.64. The number of aryl methyl sites for hydroxylation is 1. The number of hydrogen-bond donors (Lipinski definition) is 2. The molecule has 3 aliphatic heterocycles. The average Bonchev–Trinajstić information content (AvgIpc) is 3.29. The molecular weight excluding hydrogens is 398 g/mol. The van der Waals surface area contributed by atoms with Gasteiger partial charge in [0.1, 0.15) is 11.4 Å². The summed E-state index contributed by atoms with van der Waals surface area (Å²) in [5, 5.41) is 22.9. The molecule has 1 saturated heterocycles. The third kappa shape index (κ3) is 2.02. The van der Waals surface area contributed by atoms with Crippen LogP contribution in [0.2, 0.25) is 0 Å². The number of carbonyl (C=O) groups is 2. The fourth-order valence-corrected chi connectivity index (χ4v) is 6.41. The normalized spacial score (nSPS) is 34.6. The third-order valence-corrected chi connectivity index (χ3v) is 7.94. The molecule has 4 aliphatic rings. The van der Waals surface area contributed by atoms with Gasteiger partial charge in [-0.05, 0) is 52.7 Å². The van der Waals surface area contributed by atoms with E-state index in [1.165, 1.54) is 0 Å². The molecule has 1 aliphatic carbocycles. The number of fused-ring (bicyclic) bond motifs is 6. The van der Waals surface area contributed by atoms with E-state index in [4.69, 9.17) is 9.47 Å². The summed E-state index contributed by atoms with van der Waals surface area (Å²) in [6, 6.07) is 3.24. The van der Waals surface area contributed by atoms with Gasteiger partial charge in [-0.15, -0.1) is 0 Å². The number of carbonyl (C=O) groups excluding carboxylic acids is 2. The highest BCUT2D eigenvalue weighted by molar-refractivity contribution is 6.28. The summed E-state index contributed by atoms with van der Waals surface area (Å²) in [6.45, 7) is 7.26. The Morgan fingerprint density at radius 3 is 2.71 bits per heavy atom. The number of rotatable bonds is 1. The van der Waals surface area contributed by atoms with Crippen LogP contribution in [0.3, 0.4) is 0 Å². The van der Waals surface area contributed by atoms with Crippen LogP contribution in [-0.4, -0.2) is 49.9 Å². The maximum Gasteiger partial charge on any atom is 0.309 e. The van der Waals surface area contributed by atoms with Crippen LogP contribution in [0.25, 0.3) is 16.3 Å². The number of Topliss-reactive ketones (excluding diaryl/α,β-unsaturated/α-hetero) is 1. The highest BCUT2D eigenvalue weighted by Crippen LogP contribution is 2.59. The molecular formula is C24H25NO6. The van der Waals surface area contributed by atoms with Crippen molar-refractivity contribution in [3.05, 3.63) is 34.7 Å². The van der Waals surface area contributed by atoms with Gasteiger partial charge >= 0.3 is 5.97 Å². The smallest absolute Gasteiger partial charge is 0.309 e. The number of nitrogens with zero attached hydrogens (tertiary/aromatic N) is 1. The SMILES string of the molecule is C[C@H]1O[C@]2(C)CC(=O)O[C@]2(C)C2=C1C(=O)c1c(O)ccc3c4n(c2c13)[C@@H]([C@@H](C)O)CC4. The van der Waals surface area contributed by atoms with Gasteiger partial charge in [-0.3, -0.25) is 9.59 Å². The monoisotopic (exact) mass is 423 g/mol. The van der Waals surface area contributed by atoms with E-state index >= 15 is 0 Å². The van der Waals surface area contributed by atoms with Crippen molar-refractivity contribution in [2.45, 2.75) is 76.4 Å². The zero-order chi connectivity index (χ0) is 22.0. The van der Waals surface area contributed by atoms with Gasteiger partial charge < -0.3 is 24.3 Å². The van der Waals surface area contributed by atoms with E-state index in [1.807, 2.05) is 26.8 Å². The second kappa shape index (κ2) is 5.58. The summed E-state index contributed by atoms with van der Waals surface area (Å²) in [7, 11) is 0. The largest absolute Gasteiger partial charge is 0.507 e. The molecule has 2 N–H and O–H groups in total. The number of phenolic OH excluding ortho intramolecular Hbond substituents is 1. The van der Waals surface area contributed by atoms with Crippen molar-refractivity contribution in [3.8, 4) is 5.75 Å². The van der Waals surface area contributed by atoms with Crippen LogP contribution in [0, 0.1) is 0 Å². The zero-order valence-electron chi connectivity index (χ0n) is 18.0. The van der Waals surface area contributed by atoms with Crippen molar-refractivity contribution in [1.82, 2.24) is 4.57 Å². The number of ether oxygens (including phenoxy) is 2. The number of ketones is 1. The van der Waals surface area contributed by atoms with E-state index in [0.717, 1.165) is 29.6 Å². The number of aliphatic hydroxyl groups is 1. The van der Waals surface area contributed by atoms with E-state index in [0.29, 0.717) is 16.5 Å². The standard InChI is InChI=1S/C24H25NO6/c1-10(26)13-6-7-14-12-5-8-15(27)19-18(12)21(25(13)14)20-17(22(19)29)11(2)30-23(3)9-16(28)31-24(20,23)4/h5,8,10-11,13,26-27H,6-7,9H2,1-4H3/t10-,11-,13-,23-,24-/m1/s1. The van der Waals surface area contributed by atoms with Crippen LogP contribution >= 0.6 is 0 Å². The molecule has 0 spiro atoms. The van der Waals surface area contributed by atoms with Crippen LogP contribution in [0.5, 0.6) is 5.75 Å². The van der Waals surface area contributed by atoms with Crippen molar-refractivity contribution in [2.75, 3.05) is 0 Å². The molecule has 1 fully saturated rings. The first-order valence-electron chi connectivity index (χ1n) is 10.8. The topological polar surface area (TPSA) is 98.0 Å². The lowest BCUT2D eigenvalue weighted by molar-refractivity contribution is -0.154. The van der Waals surface area contributed by atoms with Gasteiger partial charge in [-0.1, -0.05) is 0 Å². The molecule has 1 aromatic carbocycles. The van der Waals surface area contributed by atoms with Crippen molar-refractivity contribution < 1.29 is 29.3 Å². The predicted molar refractivity (Wildman–Crippen MR) is 112 cm³/mol. The van der Waals surface area contributed by atoms with Gasteiger partial charge in [0.25, 0.3) is 0 Å². The van der Waals surface area contributed by atoms with Crippen LogP contribution < -0.4 is 0 Å². The molecule has 0 radical (unpaired) electrons. The van der Waals surface area contributed by atoms with Crippen molar-refractivity contribution in [2.24, 2.45) is 0 Å². The van der Waals surface area contributed by atoms with Gasteiger partial charge in [0.05, 0.1) is 35.9 Å². The number of phenols is 1. The second-order valence-corrected chi connectivity index (χ2v) is 9.69. The van der Waals surface area contributed by atoms with Gasteiger partial charge in [-0.25, -0.2) is 0 Å². The summed E-state index contributed by atoms with van der Waals surface area (Å²) in [5.41, 5.74) is 1.07. The quantitative estimate of drug-likeness (QED) is 0.685. The lowest BCUT2D eigenvalue weighted by Gasteiger charge is -2.48. The molecule has 6 rings (SSSR count). The molecule has 4 heterocycles. The zero-order valence-corrected chi connectivity index (χ0v) is 18.0. The number of aliphatic hydroxyl groups excluding tert-OH is 1. The summed E-state index contributed by atoms with van der Waals surface area (Å²) in [6.07, 6.45) is 0.466. The number of aromatic hydroxyl groups is 1. The molecule has 5 atom stereocenters. The molecule has 1 aromatic heterocycles. The molecule has 2 aromatic rings. The Morgan fingerprint density at radius 1 is 1.26 bits per heavy atom. The lowest BCUT2D eigenvalue weighted by atomic mass is 9.69. The summed E-state index contributed by atoms with van der Waals surface area (Å²) < 4.78 is 14.3. The van der Waals surface area contributed by atoms with Gasteiger partial charge in [0.2, 0.25) is 0 Å². The van der Waals surface area contributed by atoms with Crippen molar-refractivity contribution in [1.29, 1.82) is 0 Å². The molecule has 7 heteroatoms. The summed E-state index contributed by atoms with van der Waals surface area (Å²) in [4.78, 5) is 26.2. The molecule has 162 valence electrons. The minimum atomic E-state index is -1.15. The first kappa shape index (κ1) is 19.1. The number of esters is 1. The molecule has 0 bridgehead atoms. The highest BCUT2D eigenvalue weighted by atomic mass is 16.6. The first-order chi connectivity index (χ1) is 14.6. The molecule has 31 heavy (non-hydrogen) atoms. The molecule has 0 unspecified atom stereocenters. The van der Waals surface area contributed by atoms with Crippen molar-refractivity contribution in [3.63, 3.8) is 0 Å². The Kier molecular flexibility index (Phi) is 3.43. The molecule has 7 nitrogen and oxygen atoms in total. The molecule has 0 saturated carbocycles. The maximum atomic E-state index is 13.7. The number of aromatic nitrogens is 1. The molecule has 0 amide bonds. The van der Waals surface area contributed by atoms with Crippen molar-refractivity contribution >= 4 is 28.1 Å². The number of benzene rings is 1. The van der Waals surface area contributed by atoms with E-state index in [2.05, 4.69) is 4.57 Å². The van der Waals surface area contributed by atoms with Crippen LogP contribution in [0.4, 0.5) is 0 Å². The summed E-state index contributed by atoms with van der Waals surface area (Å²) in [5.74, 6) is -0.726. The van der Waals surface area contributed by atoms with E-state index in [-0.39, 0.29) is 35.5 Å². The Bertz CT molecular complexity index is 1250. The minimum absolute atomic E-state index is 0.0720. The number of hydrogen-bond acceptors (Lipinski definition) is 6. The Balaban J connectivity index is 1.79. The average molecular weight is 423 g/mol. The fourth-order valence-electron chi connectivity index (χ4n) is 6.41. The predicted octanol–water partition coefficient (Wildman–Crippen LogP) is 3.05. The van der Waals surface area contributed by atoms with E-state index < -0.39 is 23.4 Å². The Labute approximate surface area is 179 Å². The Morgan fingerprint density at radius 2 is 2.00 bits per heavy atom. The van der Waals surface area contributed by atoms with E-state index in [9.17, 15) is 19.8 Å². The van der Waals surface area contributed by atoms with Crippen LogP contribution in [-0.2, 0) is 20.7 Å². The second-order valence-electron chi connectivity index (χ2n) is 9.69. The van der Waals surface area contributed by atoms with Gasteiger partial charge in [0, 0.05) is 27.6 Å². The van der Waals surface area contributed by atoms with Gasteiger partial charge in [0.15, 0.2) is 11.4 Å². The third-order valence-electron chi connectivity index (χ3n) is 7.94. The first-order valence-corrected chi connectivity index (χ1v) is 10.8. The van der Waals surface area contributed by atoms with Gasteiger partial charge in [-0.2, -0.15) is 0 Å².